The molecule has 94 valence electrons. The molecule has 0 aromatic heterocycles. The Hall–Kier alpha value is -0.660. The van der Waals surface area contributed by atoms with Gasteiger partial charge in [0.25, 0.3) is 0 Å². The van der Waals surface area contributed by atoms with Gasteiger partial charge in [0.2, 0.25) is 5.91 Å². The minimum absolute atomic E-state index is 0.0186. The number of hydrogen-bond donors (Lipinski definition) is 3. The maximum atomic E-state index is 11.6. The van der Waals surface area contributed by atoms with Crippen molar-refractivity contribution >= 4 is 15.7 Å². The van der Waals surface area contributed by atoms with Crippen LogP contribution in [0.2, 0.25) is 0 Å². The van der Waals surface area contributed by atoms with E-state index < -0.39 is 9.84 Å². The molecule has 0 aromatic carbocycles. The van der Waals surface area contributed by atoms with Gasteiger partial charge in [0.1, 0.15) is 9.84 Å². The predicted molar refractivity (Wildman–Crippen MR) is 62.0 cm³/mol. The standard InChI is InChI=1S/C9H19N3O3S/c1-7-5-12-8(6-11-7)9(13)10-3-4-16(2,14)15/h7-8,11-12H,3-6H2,1-2H3,(H,10,13). The van der Waals surface area contributed by atoms with E-state index in [2.05, 4.69) is 16.0 Å². The van der Waals surface area contributed by atoms with Crippen molar-refractivity contribution in [3.05, 3.63) is 0 Å². The molecular formula is C9H19N3O3S. The van der Waals surface area contributed by atoms with Crippen LogP contribution >= 0.6 is 0 Å². The Morgan fingerprint density at radius 3 is 2.56 bits per heavy atom. The second-order valence-electron chi connectivity index (χ2n) is 4.19. The SMILES string of the molecule is CC1CNC(C(=O)NCCS(C)(=O)=O)CN1. The highest BCUT2D eigenvalue weighted by molar-refractivity contribution is 7.90. The molecule has 1 fully saturated rings. The molecule has 1 rings (SSSR count). The third-order valence-corrected chi connectivity index (χ3v) is 3.38. The third kappa shape index (κ3) is 4.91. The summed E-state index contributed by atoms with van der Waals surface area (Å²) in [5.41, 5.74) is 0. The van der Waals surface area contributed by atoms with Gasteiger partial charge in [-0.15, -0.1) is 0 Å². The normalized spacial score (nSPS) is 26.4. The maximum Gasteiger partial charge on any atom is 0.238 e. The molecule has 1 saturated heterocycles. The van der Waals surface area contributed by atoms with Gasteiger partial charge in [-0.2, -0.15) is 0 Å². The zero-order valence-corrected chi connectivity index (χ0v) is 10.4. The van der Waals surface area contributed by atoms with E-state index in [1.54, 1.807) is 0 Å². The van der Waals surface area contributed by atoms with E-state index >= 15 is 0 Å². The molecule has 1 aliphatic rings. The largest absolute Gasteiger partial charge is 0.354 e. The van der Waals surface area contributed by atoms with Crippen LogP contribution in [0.4, 0.5) is 0 Å². The average molecular weight is 249 g/mol. The van der Waals surface area contributed by atoms with E-state index in [0.717, 1.165) is 12.8 Å². The second kappa shape index (κ2) is 5.60. The molecule has 1 aliphatic heterocycles. The van der Waals surface area contributed by atoms with Crippen molar-refractivity contribution in [1.29, 1.82) is 0 Å². The summed E-state index contributed by atoms with van der Waals surface area (Å²) in [4.78, 5) is 11.6. The monoisotopic (exact) mass is 249 g/mol. The Balaban J connectivity index is 2.25. The lowest BCUT2D eigenvalue weighted by Crippen LogP contribution is -2.59. The number of piperazine rings is 1. The Kier molecular flexibility index (Phi) is 4.69. The van der Waals surface area contributed by atoms with Gasteiger partial charge in [0.05, 0.1) is 11.8 Å². The Bertz CT molecular complexity index is 334. The van der Waals surface area contributed by atoms with Gasteiger partial charge in [0.15, 0.2) is 0 Å². The molecule has 1 heterocycles. The fourth-order valence-electron chi connectivity index (χ4n) is 1.45. The second-order valence-corrected chi connectivity index (χ2v) is 6.45. The van der Waals surface area contributed by atoms with Gasteiger partial charge in [-0.3, -0.25) is 4.79 Å². The van der Waals surface area contributed by atoms with Gasteiger partial charge in [-0.25, -0.2) is 8.42 Å². The van der Waals surface area contributed by atoms with Crippen molar-refractivity contribution in [3.63, 3.8) is 0 Å². The Morgan fingerprint density at radius 1 is 1.38 bits per heavy atom. The highest BCUT2D eigenvalue weighted by atomic mass is 32.2. The molecule has 0 aromatic rings. The van der Waals surface area contributed by atoms with Crippen molar-refractivity contribution in [2.45, 2.75) is 19.0 Å². The molecule has 0 spiro atoms. The highest BCUT2D eigenvalue weighted by Crippen LogP contribution is 1.93. The molecule has 0 saturated carbocycles. The Morgan fingerprint density at radius 2 is 2.06 bits per heavy atom. The quantitative estimate of drug-likeness (QED) is 0.541. The summed E-state index contributed by atoms with van der Waals surface area (Å²) in [5, 5.41) is 8.87. The van der Waals surface area contributed by atoms with Crippen LogP contribution in [0.5, 0.6) is 0 Å². The summed E-state index contributed by atoms with van der Waals surface area (Å²) in [6.07, 6.45) is 1.15. The first-order valence-electron chi connectivity index (χ1n) is 5.30. The molecule has 0 bridgehead atoms. The van der Waals surface area contributed by atoms with E-state index in [4.69, 9.17) is 0 Å². The number of carbonyl (C=O) groups excluding carboxylic acids is 1. The number of carbonyl (C=O) groups is 1. The molecule has 6 nitrogen and oxygen atoms in total. The van der Waals surface area contributed by atoms with Crippen LogP contribution in [-0.4, -0.2) is 58.1 Å². The first-order chi connectivity index (χ1) is 7.38. The summed E-state index contributed by atoms with van der Waals surface area (Å²) in [6, 6.07) is 0.0934. The van der Waals surface area contributed by atoms with Crippen molar-refractivity contribution in [2.75, 3.05) is 31.6 Å². The lowest BCUT2D eigenvalue weighted by molar-refractivity contribution is -0.123. The highest BCUT2D eigenvalue weighted by Gasteiger charge is 2.22. The smallest absolute Gasteiger partial charge is 0.238 e. The zero-order valence-electron chi connectivity index (χ0n) is 9.62. The number of hydrogen-bond acceptors (Lipinski definition) is 5. The van der Waals surface area contributed by atoms with Crippen molar-refractivity contribution in [2.24, 2.45) is 0 Å². The van der Waals surface area contributed by atoms with E-state index in [1.165, 1.54) is 0 Å². The minimum atomic E-state index is -3.01. The Labute approximate surface area is 96.1 Å². The summed E-state index contributed by atoms with van der Waals surface area (Å²) in [6.45, 7) is 3.52. The lowest BCUT2D eigenvalue weighted by Gasteiger charge is -2.28. The lowest BCUT2D eigenvalue weighted by atomic mass is 10.1. The topological polar surface area (TPSA) is 87.3 Å². The van der Waals surface area contributed by atoms with Gasteiger partial charge >= 0.3 is 0 Å². The molecular weight excluding hydrogens is 230 g/mol. The van der Waals surface area contributed by atoms with Crippen LogP contribution in [0.15, 0.2) is 0 Å². The summed E-state index contributed by atoms with van der Waals surface area (Å²) < 4.78 is 21.7. The van der Waals surface area contributed by atoms with Crippen LogP contribution in [0, 0.1) is 0 Å². The van der Waals surface area contributed by atoms with E-state index in [0.29, 0.717) is 12.6 Å². The van der Waals surface area contributed by atoms with Crippen LogP contribution in [0.1, 0.15) is 6.92 Å². The summed E-state index contributed by atoms with van der Waals surface area (Å²) in [7, 11) is -3.01. The zero-order chi connectivity index (χ0) is 12.2. The van der Waals surface area contributed by atoms with Crippen LogP contribution < -0.4 is 16.0 Å². The molecule has 7 heteroatoms. The van der Waals surface area contributed by atoms with Crippen molar-refractivity contribution < 1.29 is 13.2 Å². The first kappa shape index (κ1) is 13.4. The first-order valence-corrected chi connectivity index (χ1v) is 7.37. The van der Waals surface area contributed by atoms with Gasteiger partial charge in [-0.05, 0) is 6.92 Å². The van der Waals surface area contributed by atoms with Crippen LogP contribution in [-0.2, 0) is 14.6 Å². The number of sulfone groups is 1. The molecule has 16 heavy (non-hydrogen) atoms. The van der Waals surface area contributed by atoms with E-state index in [1.807, 2.05) is 6.92 Å². The number of nitrogens with one attached hydrogen (secondary N) is 3. The fraction of sp³-hybridized carbons (Fsp3) is 0.889. The molecule has 0 aliphatic carbocycles. The average Bonchev–Trinajstić information content (AvgIpc) is 2.16. The maximum absolute atomic E-state index is 11.6. The summed E-state index contributed by atoms with van der Waals surface area (Å²) >= 11 is 0. The minimum Gasteiger partial charge on any atom is -0.354 e. The van der Waals surface area contributed by atoms with Crippen molar-refractivity contribution in [1.82, 2.24) is 16.0 Å². The van der Waals surface area contributed by atoms with Gasteiger partial charge in [-0.1, -0.05) is 0 Å². The van der Waals surface area contributed by atoms with Crippen LogP contribution in [0.25, 0.3) is 0 Å². The van der Waals surface area contributed by atoms with Crippen molar-refractivity contribution in [3.8, 4) is 0 Å². The molecule has 2 atom stereocenters. The molecule has 2 unspecified atom stereocenters. The molecule has 3 N–H and O–H groups in total. The van der Waals surface area contributed by atoms with Gasteiger partial charge < -0.3 is 16.0 Å². The van der Waals surface area contributed by atoms with E-state index in [-0.39, 0.29) is 24.2 Å². The molecule has 1 amide bonds. The third-order valence-electron chi connectivity index (χ3n) is 2.43. The summed E-state index contributed by atoms with van der Waals surface area (Å²) in [5.74, 6) is -0.169. The van der Waals surface area contributed by atoms with E-state index in [9.17, 15) is 13.2 Å². The van der Waals surface area contributed by atoms with Crippen LogP contribution in [0.3, 0.4) is 0 Å². The number of rotatable bonds is 4. The van der Waals surface area contributed by atoms with Gasteiger partial charge in [0, 0.05) is 31.9 Å². The number of amides is 1. The molecule has 0 radical (unpaired) electrons. The fourth-order valence-corrected chi connectivity index (χ4v) is 1.92. The predicted octanol–water partition coefficient (Wildman–Crippen LogP) is -1.90.